The van der Waals surface area contributed by atoms with Crippen molar-refractivity contribution in [3.05, 3.63) is 72.5 Å². The van der Waals surface area contributed by atoms with Crippen molar-refractivity contribution in [2.45, 2.75) is 17.3 Å². The van der Waals surface area contributed by atoms with Gasteiger partial charge in [0.25, 0.3) is 0 Å². The lowest BCUT2D eigenvalue weighted by atomic mass is 10.2. The molecule has 2 N–H and O–H groups in total. The van der Waals surface area contributed by atoms with E-state index in [1.54, 1.807) is 13.3 Å². The maximum Gasteiger partial charge on any atom is 0.173 e. The standard InChI is InChI=1S/C22H19N5O2S/c1-14(20(28)17(13-23)21-25-18-8-3-4-9-19(18)26-21)30-22-24-10-11-27(22)15-6-5-7-16(12-15)29-2/h3-12,14,28H,1-2H3,(H,25,26)/b20-17-. The minimum Gasteiger partial charge on any atom is -0.510 e. The number of allylic oxidation sites excluding steroid dienone is 1. The van der Waals surface area contributed by atoms with Gasteiger partial charge in [-0.25, -0.2) is 9.97 Å². The van der Waals surface area contributed by atoms with Crippen molar-refractivity contribution in [3.63, 3.8) is 0 Å². The number of ether oxygens (including phenoxy) is 1. The summed E-state index contributed by atoms with van der Waals surface area (Å²) >= 11 is 1.35. The van der Waals surface area contributed by atoms with E-state index in [9.17, 15) is 10.4 Å². The summed E-state index contributed by atoms with van der Waals surface area (Å²) in [6.07, 6.45) is 3.54. The number of fused-ring (bicyclic) bond motifs is 1. The molecular weight excluding hydrogens is 398 g/mol. The maximum atomic E-state index is 10.8. The van der Waals surface area contributed by atoms with E-state index >= 15 is 0 Å². The highest BCUT2D eigenvalue weighted by atomic mass is 32.2. The molecule has 0 saturated heterocycles. The van der Waals surface area contributed by atoms with Crippen LogP contribution in [0.15, 0.2) is 71.8 Å². The molecule has 0 aliphatic heterocycles. The Hall–Kier alpha value is -3.70. The number of methoxy groups -OCH3 is 1. The average Bonchev–Trinajstić information content (AvgIpc) is 3.41. The second-order valence-corrected chi connectivity index (χ2v) is 7.82. The molecule has 2 heterocycles. The lowest BCUT2D eigenvalue weighted by Crippen LogP contribution is -2.07. The lowest BCUT2D eigenvalue weighted by Gasteiger charge is -2.13. The Labute approximate surface area is 177 Å². The molecule has 0 amide bonds. The number of nitrogens with one attached hydrogen (secondary N) is 1. The summed E-state index contributed by atoms with van der Waals surface area (Å²) in [5.41, 5.74) is 2.55. The number of rotatable bonds is 6. The number of benzene rings is 2. The highest BCUT2D eigenvalue weighted by Crippen LogP contribution is 2.31. The fraction of sp³-hybridized carbons (Fsp3) is 0.136. The number of para-hydroxylation sites is 2. The number of hydrogen-bond donors (Lipinski definition) is 2. The highest BCUT2D eigenvalue weighted by Gasteiger charge is 2.21. The van der Waals surface area contributed by atoms with Gasteiger partial charge in [-0.15, -0.1) is 0 Å². The Kier molecular flexibility index (Phi) is 5.46. The van der Waals surface area contributed by atoms with Crippen molar-refractivity contribution in [1.82, 2.24) is 19.5 Å². The normalized spacial score (nSPS) is 13.0. The van der Waals surface area contributed by atoms with Gasteiger partial charge >= 0.3 is 0 Å². The number of imidazole rings is 2. The maximum absolute atomic E-state index is 10.8. The number of aromatic amines is 1. The fourth-order valence-electron chi connectivity index (χ4n) is 3.05. The molecule has 0 aliphatic rings. The van der Waals surface area contributed by atoms with Crippen molar-refractivity contribution in [1.29, 1.82) is 5.26 Å². The molecule has 0 fully saturated rings. The van der Waals surface area contributed by atoms with Gasteiger partial charge in [-0.3, -0.25) is 4.57 Å². The van der Waals surface area contributed by atoms with Gasteiger partial charge in [0.1, 0.15) is 23.2 Å². The molecule has 4 aromatic rings. The van der Waals surface area contributed by atoms with E-state index in [0.29, 0.717) is 11.0 Å². The molecule has 0 bridgehead atoms. The minimum atomic E-state index is -0.417. The predicted octanol–water partition coefficient (Wildman–Crippen LogP) is 4.73. The number of H-pyrrole nitrogens is 1. The third-order valence-corrected chi connectivity index (χ3v) is 5.69. The van der Waals surface area contributed by atoms with Crippen LogP contribution in [0, 0.1) is 11.3 Å². The summed E-state index contributed by atoms with van der Waals surface area (Å²) in [4.78, 5) is 11.9. The molecular formula is C22H19N5O2S. The van der Waals surface area contributed by atoms with Gasteiger partial charge in [0.15, 0.2) is 11.0 Å². The number of thioether (sulfide) groups is 1. The molecule has 2 aromatic carbocycles. The third kappa shape index (κ3) is 3.75. The number of hydrogen-bond acceptors (Lipinski definition) is 6. The molecule has 1 atom stereocenters. The molecule has 4 rings (SSSR count). The molecule has 0 spiro atoms. The van der Waals surface area contributed by atoms with Gasteiger partial charge in [-0.05, 0) is 31.2 Å². The van der Waals surface area contributed by atoms with Gasteiger partial charge < -0.3 is 14.8 Å². The zero-order chi connectivity index (χ0) is 21.1. The lowest BCUT2D eigenvalue weighted by molar-refractivity contribution is 0.401. The van der Waals surface area contributed by atoms with E-state index in [-0.39, 0.29) is 11.3 Å². The van der Waals surface area contributed by atoms with Crippen molar-refractivity contribution in [3.8, 4) is 17.5 Å². The monoisotopic (exact) mass is 417 g/mol. The molecule has 0 saturated carbocycles. The molecule has 30 heavy (non-hydrogen) atoms. The molecule has 7 nitrogen and oxygen atoms in total. The molecule has 0 radical (unpaired) electrons. The van der Waals surface area contributed by atoms with Gasteiger partial charge in [0, 0.05) is 18.5 Å². The average molecular weight is 417 g/mol. The van der Waals surface area contributed by atoms with Crippen molar-refractivity contribution in [2.75, 3.05) is 7.11 Å². The summed E-state index contributed by atoms with van der Waals surface area (Å²) in [5.74, 6) is 1.03. The van der Waals surface area contributed by atoms with Crippen LogP contribution in [0.2, 0.25) is 0 Å². The Bertz CT molecular complexity index is 1230. The largest absolute Gasteiger partial charge is 0.510 e. The summed E-state index contributed by atoms with van der Waals surface area (Å²) < 4.78 is 7.20. The van der Waals surface area contributed by atoms with Crippen LogP contribution in [0.4, 0.5) is 0 Å². The van der Waals surface area contributed by atoms with E-state index in [4.69, 9.17) is 4.74 Å². The van der Waals surface area contributed by atoms with Crippen molar-refractivity contribution < 1.29 is 9.84 Å². The van der Waals surface area contributed by atoms with Crippen LogP contribution in [0.1, 0.15) is 12.7 Å². The second-order valence-electron chi connectivity index (χ2n) is 6.52. The highest BCUT2D eigenvalue weighted by molar-refractivity contribution is 7.99. The van der Waals surface area contributed by atoms with Gasteiger partial charge in [-0.2, -0.15) is 5.26 Å². The number of nitriles is 1. The third-order valence-electron chi connectivity index (χ3n) is 4.60. The van der Waals surface area contributed by atoms with Crippen LogP contribution in [0.5, 0.6) is 5.75 Å². The van der Waals surface area contributed by atoms with E-state index in [1.807, 2.05) is 66.2 Å². The zero-order valence-electron chi connectivity index (χ0n) is 16.4. The summed E-state index contributed by atoms with van der Waals surface area (Å²) in [6.45, 7) is 1.82. The van der Waals surface area contributed by atoms with Gasteiger partial charge in [0.2, 0.25) is 0 Å². The number of nitrogens with zero attached hydrogens (tertiary/aromatic N) is 4. The molecule has 2 aromatic heterocycles. The first-order valence-corrected chi connectivity index (χ1v) is 10.1. The van der Waals surface area contributed by atoms with Crippen LogP contribution in [0.3, 0.4) is 0 Å². The van der Waals surface area contributed by atoms with E-state index < -0.39 is 5.25 Å². The Morgan fingerprint density at radius 1 is 1.27 bits per heavy atom. The first-order chi connectivity index (χ1) is 14.6. The Morgan fingerprint density at radius 2 is 2.10 bits per heavy atom. The van der Waals surface area contributed by atoms with Crippen molar-refractivity contribution >= 4 is 28.4 Å². The smallest absolute Gasteiger partial charge is 0.173 e. The molecule has 8 heteroatoms. The summed E-state index contributed by atoms with van der Waals surface area (Å²) in [5, 5.41) is 20.8. The topological polar surface area (TPSA) is 99.8 Å². The first kappa shape index (κ1) is 19.6. The van der Waals surface area contributed by atoms with Crippen LogP contribution in [0.25, 0.3) is 22.3 Å². The second kappa shape index (κ2) is 8.35. The van der Waals surface area contributed by atoms with Crippen molar-refractivity contribution in [2.24, 2.45) is 0 Å². The van der Waals surface area contributed by atoms with Crippen LogP contribution in [-0.2, 0) is 0 Å². The number of aliphatic hydroxyl groups is 1. The van der Waals surface area contributed by atoms with E-state index in [1.165, 1.54) is 11.8 Å². The van der Waals surface area contributed by atoms with Crippen LogP contribution < -0.4 is 4.74 Å². The predicted molar refractivity (Wildman–Crippen MR) is 117 cm³/mol. The van der Waals surface area contributed by atoms with E-state index in [2.05, 4.69) is 21.0 Å². The fourth-order valence-corrected chi connectivity index (χ4v) is 4.00. The summed E-state index contributed by atoms with van der Waals surface area (Å²) in [7, 11) is 1.62. The number of aliphatic hydroxyl groups excluding tert-OH is 1. The quantitative estimate of drug-likeness (QED) is 0.267. The van der Waals surface area contributed by atoms with E-state index in [0.717, 1.165) is 22.5 Å². The van der Waals surface area contributed by atoms with Gasteiger partial charge in [-0.1, -0.05) is 30.0 Å². The molecule has 0 aliphatic carbocycles. The SMILES string of the molecule is COc1cccc(-n2ccnc2SC(C)/C(O)=C(\C#N)c2nc3ccccc3[nH]2)c1. The van der Waals surface area contributed by atoms with Crippen LogP contribution in [-0.4, -0.2) is 37.0 Å². The summed E-state index contributed by atoms with van der Waals surface area (Å²) in [6, 6.07) is 17.2. The Balaban J connectivity index is 1.64. The Morgan fingerprint density at radius 3 is 2.87 bits per heavy atom. The zero-order valence-corrected chi connectivity index (χ0v) is 17.2. The molecule has 1 unspecified atom stereocenters. The molecule has 150 valence electrons. The van der Waals surface area contributed by atoms with Crippen LogP contribution >= 0.6 is 11.8 Å². The first-order valence-electron chi connectivity index (χ1n) is 9.23. The number of aromatic nitrogens is 4. The van der Waals surface area contributed by atoms with Gasteiger partial charge in [0.05, 0.1) is 29.1 Å². The minimum absolute atomic E-state index is 0.0539.